The molecule has 0 saturated carbocycles. The molecule has 8 heteroatoms. The van der Waals surface area contributed by atoms with Crippen LogP contribution < -0.4 is 16.0 Å². The van der Waals surface area contributed by atoms with E-state index in [2.05, 4.69) is 16.0 Å². The van der Waals surface area contributed by atoms with Gasteiger partial charge in [0, 0.05) is 32.6 Å². The first kappa shape index (κ1) is 16.4. The quantitative estimate of drug-likeness (QED) is 0.510. The fraction of sp³-hybridized carbons (Fsp3) is 0.385. The maximum atomic E-state index is 12.1. The molecular weight excluding hydrogens is 276 g/mol. The van der Waals surface area contributed by atoms with Crippen LogP contribution in [0, 0.1) is 10.1 Å². The number of nitro groups is 1. The molecule has 0 bridgehead atoms. The first-order valence-corrected chi connectivity index (χ1v) is 6.51. The lowest BCUT2D eigenvalue weighted by molar-refractivity contribution is -0.384. The summed E-state index contributed by atoms with van der Waals surface area (Å²) in [6.07, 6.45) is 0.147. The number of rotatable bonds is 7. The summed E-state index contributed by atoms with van der Waals surface area (Å²) in [4.78, 5) is 33.6. The van der Waals surface area contributed by atoms with Crippen molar-refractivity contribution < 1.29 is 14.5 Å². The van der Waals surface area contributed by atoms with Gasteiger partial charge in [0.1, 0.15) is 5.69 Å². The van der Waals surface area contributed by atoms with Gasteiger partial charge in [-0.05, 0) is 13.0 Å². The van der Waals surface area contributed by atoms with Gasteiger partial charge in [0.05, 0.1) is 10.5 Å². The summed E-state index contributed by atoms with van der Waals surface area (Å²) in [7, 11) is 1.51. The first-order valence-electron chi connectivity index (χ1n) is 6.51. The molecule has 0 aliphatic rings. The summed E-state index contributed by atoms with van der Waals surface area (Å²) >= 11 is 0. The third-order valence-electron chi connectivity index (χ3n) is 2.75. The zero-order valence-corrected chi connectivity index (χ0v) is 11.9. The Labute approximate surface area is 122 Å². The van der Waals surface area contributed by atoms with E-state index in [0.717, 1.165) is 0 Å². The second-order valence-electron chi connectivity index (χ2n) is 4.17. The number of amides is 2. The van der Waals surface area contributed by atoms with Gasteiger partial charge in [0.25, 0.3) is 11.6 Å². The SMILES string of the molecule is CCNc1c(C(=O)NCCC(=O)NC)cccc1[N+](=O)[O-]. The normalized spacial score (nSPS) is 9.81. The van der Waals surface area contributed by atoms with E-state index in [1.807, 2.05) is 0 Å². The van der Waals surface area contributed by atoms with Crippen molar-refractivity contribution in [3.8, 4) is 0 Å². The fourth-order valence-electron chi connectivity index (χ4n) is 1.75. The lowest BCUT2D eigenvalue weighted by Gasteiger charge is -2.11. The number of hydrogen-bond donors (Lipinski definition) is 3. The Balaban J connectivity index is 2.90. The van der Waals surface area contributed by atoms with Crippen LogP contribution in [0.5, 0.6) is 0 Å². The minimum absolute atomic E-state index is 0.147. The van der Waals surface area contributed by atoms with Crippen LogP contribution in [0.2, 0.25) is 0 Å². The van der Waals surface area contributed by atoms with Gasteiger partial charge in [0.2, 0.25) is 5.91 Å². The molecule has 0 fully saturated rings. The van der Waals surface area contributed by atoms with E-state index in [1.54, 1.807) is 6.92 Å². The Morgan fingerprint density at radius 2 is 2.05 bits per heavy atom. The highest BCUT2D eigenvalue weighted by atomic mass is 16.6. The van der Waals surface area contributed by atoms with Crippen molar-refractivity contribution in [2.24, 2.45) is 0 Å². The second-order valence-corrected chi connectivity index (χ2v) is 4.17. The van der Waals surface area contributed by atoms with Gasteiger partial charge in [-0.3, -0.25) is 19.7 Å². The van der Waals surface area contributed by atoms with Gasteiger partial charge in [-0.2, -0.15) is 0 Å². The van der Waals surface area contributed by atoms with Crippen molar-refractivity contribution in [2.75, 3.05) is 25.5 Å². The monoisotopic (exact) mass is 294 g/mol. The van der Waals surface area contributed by atoms with Crippen LogP contribution in [-0.4, -0.2) is 36.9 Å². The number of hydrogen-bond acceptors (Lipinski definition) is 5. The molecule has 0 aliphatic heterocycles. The van der Waals surface area contributed by atoms with Crippen molar-refractivity contribution in [1.82, 2.24) is 10.6 Å². The molecule has 0 atom stereocenters. The molecule has 0 spiro atoms. The van der Waals surface area contributed by atoms with Gasteiger partial charge in [-0.1, -0.05) is 6.07 Å². The zero-order chi connectivity index (χ0) is 15.8. The molecule has 21 heavy (non-hydrogen) atoms. The number of anilines is 1. The second kappa shape index (κ2) is 7.83. The van der Waals surface area contributed by atoms with Crippen molar-refractivity contribution in [1.29, 1.82) is 0 Å². The maximum absolute atomic E-state index is 12.1. The van der Waals surface area contributed by atoms with Gasteiger partial charge < -0.3 is 16.0 Å². The van der Waals surface area contributed by atoms with Gasteiger partial charge in [-0.25, -0.2) is 0 Å². The molecule has 0 radical (unpaired) electrons. The van der Waals surface area contributed by atoms with Crippen LogP contribution in [-0.2, 0) is 4.79 Å². The number of para-hydroxylation sites is 1. The Hall–Kier alpha value is -2.64. The molecular formula is C13H18N4O4. The molecule has 1 aromatic rings. The van der Waals surface area contributed by atoms with E-state index < -0.39 is 10.8 Å². The first-order chi connectivity index (χ1) is 10.0. The molecule has 0 saturated heterocycles. The van der Waals surface area contributed by atoms with E-state index in [1.165, 1.54) is 25.2 Å². The summed E-state index contributed by atoms with van der Waals surface area (Å²) in [5, 5.41) is 18.8. The third-order valence-corrected chi connectivity index (χ3v) is 2.75. The number of nitrogens with zero attached hydrogens (tertiary/aromatic N) is 1. The van der Waals surface area contributed by atoms with Gasteiger partial charge in [-0.15, -0.1) is 0 Å². The van der Waals surface area contributed by atoms with Crippen LogP contribution in [0.25, 0.3) is 0 Å². The summed E-state index contributed by atoms with van der Waals surface area (Å²) in [6, 6.07) is 4.28. The van der Waals surface area contributed by atoms with Crippen LogP contribution in [0.15, 0.2) is 18.2 Å². The van der Waals surface area contributed by atoms with Gasteiger partial charge >= 0.3 is 0 Å². The van der Waals surface area contributed by atoms with Crippen LogP contribution in [0.4, 0.5) is 11.4 Å². The molecule has 8 nitrogen and oxygen atoms in total. The zero-order valence-electron chi connectivity index (χ0n) is 11.9. The fourth-order valence-corrected chi connectivity index (χ4v) is 1.75. The molecule has 1 rings (SSSR count). The summed E-state index contributed by atoms with van der Waals surface area (Å²) in [6.45, 7) is 2.39. The van der Waals surface area contributed by atoms with Crippen molar-refractivity contribution in [3.63, 3.8) is 0 Å². The largest absolute Gasteiger partial charge is 0.379 e. The van der Waals surface area contributed by atoms with Crippen molar-refractivity contribution in [2.45, 2.75) is 13.3 Å². The topological polar surface area (TPSA) is 113 Å². The minimum Gasteiger partial charge on any atom is -0.379 e. The van der Waals surface area contributed by atoms with Crippen LogP contribution in [0.3, 0.4) is 0 Å². The molecule has 0 aromatic heterocycles. The molecule has 114 valence electrons. The molecule has 1 aromatic carbocycles. The Kier molecular flexibility index (Phi) is 6.12. The Morgan fingerprint density at radius 1 is 1.33 bits per heavy atom. The Bertz CT molecular complexity index is 545. The highest BCUT2D eigenvalue weighted by Gasteiger charge is 2.20. The van der Waals surface area contributed by atoms with Crippen molar-refractivity contribution in [3.05, 3.63) is 33.9 Å². The predicted octanol–water partition coefficient (Wildman–Crippen LogP) is 0.892. The van der Waals surface area contributed by atoms with Crippen molar-refractivity contribution >= 4 is 23.2 Å². The summed E-state index contributed by atoms with van der Waals surface area (Å²) < 4.78 is 0. The highest BCUT2D eigenvalue weighted by Crippen LogP contribution is 2.28. The average molecular weight is 294 g/mol. The maximum Gasteiger partial charge on any atom is 0.293 e. The number of benzene rings is 1. The third kappa shape index (κ3) is 4.44. The van der Waals surface area contributed by atoms with E-state index in [9.17, 15) is 19.7 Å². The number of carbonyl (C=O) groups excluding carboxylic acids is 2. The van der Waals surface area contributed by atoms with E-state index in [0.29, 0.717) is 6.54 Å². The van der Waals surface area contributed by atoms with E-state index >= 15 is 0 Å². The van der Waals surface area contributed by atoms with E-state index in [-0.39, 0.29) is 35.8 Å². The predicted molar refractivity (Wildman–Crippen MR) is 78.3 cm³/mol. The van der Waals surface area contributed by atoms with Crippen LogP contribution in [0.1, 0.15) is 23.7 Å². The average Bonchev–Trinajstić information content (AvgIpc) is 2.47. The van der Waals surface area contributed by atoms with E-state index in [4.69, 9.17) is 0 Å². The van der Waals surface area contributed by atoms with Gasteiger partial charge in [0.15, 0.2) is 0 Å². The minimum atomic E-state index is -0.542. The van der Waals surface area contributed by atoms with Crippen LogP contribution >= 0.6 is 0 Å². The molecule has 0 unspecified atom stereocenters. The number of carbonyl (C=O) groups is 2. The highest BCUT2D eigenvalue weighted by molar-refractivity contribution is 6.01. The number of nitrogens with one attached hydrogen (secondary N) is 3. The smallest absolute Gasteiger partial charge is 0.293 e. The Morgan fingerprint density at radius 3 is 2.62 bits per heavy atom. The molecule has 2 amide bonds. The summed E-state index contributed by atoms with van der Waals surface area (Å²) in [5.41, 5.74) is 0.209. The standard InChI is InChI=1S/C13H18N4O4/c1-3-15-12-9(5-4-6-10(12)17(20)21)13(19)16-8-7-11(18)14-2/h4-6,15H,3,7-8H2,1-2H3,(H,14,18)(H,16,19). The lowest BCUT2D eigenvalue weighted by atomic mass is 10.1. The molecule has 0 heterocycles. The molecule has 3 N–H and O–H groups in total. The lowest BCUT2D eigenvalue weighted by Crippen LogP contribution is -2.29. The summed E-state index contributed by atoms with van der Waals surface area (Å²) in [5.74, 6) is -0.653. The number of nitro benzene ring substituents is 1. The molecule has 0 aliphatic carbocycles.